The van der Waals surface area contributed by atoms with E-state index in [4.69, 9.17) is 4.74 Å². The molecule has 1 unspecified atom stereocenters. The third-order valence-electron chi connectivity index (χ3n) is 2.59. The number of hydrogen-bond acceptors (Lipinski definition) is 5. The molecule has 0 aliphatic carbocycles. The molecule has 1 aromatic carbocycles. The number of sulfone groups is 1. The molecule has 1 atom stereocenters. The van der Waals surface area contributed by atoms with Crippen LogP contribution in [0.15, 0.2) is 41.8 Å². The molecule has 0 heterocycles. The monoisotopic (exact) mass is 311 g/mol. The molecule has 1 rings (SSSR count). The molecule has 0 aromatic heterocycles. The molecule has 7 heteroatoms. The second kappa shape index (κ2) is 7.03. The van der Waals surface area contributed by atoms with Crippen molar-refractivity contribution in [3.05, 3.63) is 42.5 Å². The molecule has 1 N–H and O–H groups in total. The Kier molecular flexibility index (Phi) is 5.66. The summed E-state index contributed by atoms with van der Waals surface area (Å²) in [5, 5.41) is 2.50. The second-order valence-electron chi connectivity index (χ2n) is 4.38. The van der Waals surface area contributed by atoms with Crippen molar-refractivity contribution in [2.24, 2.45) is 0 Å². The van der Waals surface area contributed by atoms with Crippen LogP contribution in [-0.4, -0.2) is 39.2 Å². The highest BCUT2D eigenvalue weighted by Gasteiger charge is 2.18. The maximum atomic E-state index is 11.8. The second-order valence-corrected chi connectivity index (χ2v) is 6.39. The number of amides is 1. The summed E-state index contributed by atoms with van der Waals surface area (Å²) >= 11 is 0. The summed E-state index contributed by atoms with van der Waals surface area (Å²) in [6.07, 6.45) is 1.63. The number of hydrogen-bond donors (Lipinski definition) is 1. The molecule has 6 nitrogen and oxygen atoms in total. The topological polar surface area (TPSA) is 89.5 Å². The Morgan fingerprint density at radius 3 is 2.38 bits per heavy atom. The van der Waals surface area contributed by atoms with Gasteiger partial charge in [0.1, 0.15) is 0 Å². The first-order valence-corrected chi connectivity index (χ1v) is 8.04. The normalized spacial score (nSPS) is 12.3. The minimum absolute atomic E-state index is 0.107. The van der Waals surface area contributed by atoms with Gasteiger partial charge < -0.3 is 10.1 Å². The van der Waals surface area contributed by atoms with Crippen LogP contribution in [0.2, 0.25) is 0 Å². The van der Waals surface area contributed by atoms with Crippen LogP contribution in [0.1, 0.15) is 17.3 Å². The van der Waals surface area contributed by atoms with E-state index in [0.717, 1.165) is 6.26 Å². The zero-order valence-electron chi connectivity index (χ0n) is 11.8. The van der Waals surface area contributed by atoms with E-state index in [1.165, 1.54) is 37.3 Å². The maximum absolute atomic E-state index is 11.8. The highest BCUT2D eigenvalue weighted by atomic mass is 32.2. The van der Waals surface area contributed by atoms with Gasteiger partial charge >= 0.3 is 5.97 Å². The van der Waals surface area contributed by atoms with E-state index in [9.17, 15) is 18.0 Å². The number of benzene rings is 1. The zero-order valence-corrected chi connectivity index (χ0v) is 12.6. The van der Waals surface area contributed by atoms with E-state index in [2.05, 4.69) is 11.9 Å². The molecule has 21 heavy (non-hydrogen) atoms. The van der Waals surface area contributed by atoms with Gasteiger partial charge in [-0.3, -0.25) is 4.79 Å². The van der Waals surface area contributed by atoms with Crippen LogP contribution in [0.4, 0.5) is 0 Å². The fourth-order valence-electron chi connectivity index (χ4n) is 1.44. The average molecular weight is 311 g/mol. The first-order chi connectivity index (χ1) is 9.75. The van der Waals surface area contributed by atoms with Crippen LogP contribution in [0, 0.1) is 0 Å². The number of carbonyl (C=O) groups is 2. The molecule has 1 amide bonds. The predicted octanol–water partition coefficient (Wildman–Crippen LogP) is 0.938. The third-order valence-corrected chi connectivity index (χ3v) is 3.72. The van der Waals surface area contributed by atoms with Gasteiger partial charge in [-0.25, -0.2) is 13.2 Å². The molecule has 0 spiro atoms. The van der Waals surface area contributed by atoms with Crippen LogP contribution in [-0.2, 0) is 19.4 Å². The number of esters is 1. The first-order valence-electron chi connectivity index (χ1n) is 6.15. The Labute approximate surface area is 123 Å². The zero-order chi connectivity index (χ0) is 16.0. The fraction of sp³-hybridized carbons (Fsp3) is 0.286. The number of nitrogens with one attached hydrogen (secondary N) is 1. The quantitative estimate of drug-likeness (QED) is 0.624. The van der Waals surface area contributed by atoms with Gasteiger partial charge in [0.15, 0.2) is 15.9 Å². The van der Waals surface area contributed by atoms with Crippen molar-refractivity contribution >= 4 is 21.7 Å². The van der Waals surface area contributed by atoms with Crippen LogP contribution < -0.4 is 5.32 Å². The molecule has 0 saturated heterocycles. The van der Waals surface area contributed by atoms with Gasteiger partial charge in [0.05, 0.1) is 10.5 Å². The van der Waals surface area contributed by atoms with Gasteiger partial charge in [0.2, 0.25) is 0 Å². The number of ether oxygens (including phenoxy) is 1. The summed E-state index contributed by atoms with van der Waals surface area (Å²) in [7, 11) is -3.32. The molecule has 0 radical (unpaired) electrons. The van der Waals surface area contributed by atoms with Crippen LogP contribution in [0.5, 0.6) is 0 Å². The minimum atomic E-state index is -3.32. The van der Waals surface area contributed by atoms with E-state index in [1.807, 2.05) is 0 Å². The maximum Gasteiger partial charge on any atom is 0.338 e. The fourth-order valence-corrected chi connectivity index (χ4v) is 2.07. The van der Waals surface area contributed by atoms with Crippen molar-refractivity contribution in [2.75, 3.05) is 12.8 Å². The molecule has 114 valence electrons. The first kappa shape index (κ1) is 16.9. The summed E-state index contributed by atoms with van der Waals surface area (Å²) in [4.78, 5) is 23.5. The smallest absolute Gasteiger partial charge is 0.338 e. The van der Waals surface area contributed by atoms with E-state index < -0.39 is 27.8 Å². The van der Waals surface area contributed by atoms with Crippen molar-refractivity contribution in [3.63, 3.8) is 0 Å². The van der Waals surface area contributed by atoms with E-state index in [1.54, 1.807) is 0 Å². The Morgan fingerprint density at radius 1 is 1.33 bits per heavy atom. The molecule has 0 aliphatic rings. The molecule has 0 fully saturated rings. The summed E-state index contributed by atoms with van der Waals surface area (Å²) in [6, 6.07) is 5.31. The largest absolute Gasteiger partial charge is 0.449 e. The van der Waals surface area contributed by atoms with Crippen molar-refractivity contribution in [1.82, 2.24) is 5.32 Å². The van der Waals surface area contributed by atoms with Gasteiger partial charge in [0.25, 0.3) is 5.91 Å². The van der Waals surface area contributed by atoms with Gasteiger partial charge in [-0.05, 0) is 31.2 Å². The Balaban J connectivity index is 2.72. The third kappa shape index (κ3) is 5.03. The van der Waals surface area contributed by atoms with E-state index >= 15 is 0 Å². The highest BCUT2D eigenvalue weighted by molar-refractivity contribution is 7.90. The lowest BCUT2D eigenvalue weighted by atomic mass is 10.2. The van der Waals surface area contributed by atoms with E-state index in [-0.39, 0.29) is 17.0 Å². The Hall–Kier alpha value is -2.15. The minimum Gasteiger partial charge on any atom is -0.449 e. The van der Waals surface area contributed by atoms with Gasteiger partial charge in [-0.1, -0.05) is 6.08 Å². The van der Waals surface area contributed by atoms with Crippen LogP contribution in [0.25, 0.3) is 0 Å². The molecule has 0 saturated carbocycles. The Bertz CT molecular complexity index is 634. The summed E-state index contributed by atoms with van der Waals surface area (Å²) in [6.45, 7) is 5.18. The summed E-state index contributed by atoms with van der Waals surface area (Å²) in [5.74, 6) is -1.13. The van der Waals surface area contributed by atoms with Crippen LogP contribution >= 0.6 is 0 Å². The number of carbonyl (C=O) groups excluding carboxylic acids is 2. The Morgan fingerprint density at radius 2 is 1.90 bits per heavy atom. The molecular formula is C14H17NO5S. The van der Waals surface area contributed by atoms with Crippen molar-refractivity contribution < 1.29 is 22.7 Å². The standard InChI is InChI=1S/C14H17NO5S/c1-4-9-15-13(16)10(2)20-14(17)11-5-7-12(8-6-11)21(3,18)19/h4-8,10H,1,9H2,2-3H3,(H,15,16). The summed E-state index contributed by atoms with van der Waals surface area (Å²) < 4.78 is 27.6. The molecule has 0 aliphatic heterocycles. The summed E-state index contributed by atoms with van der Waals surface area (Å²) in [5.41, 5.74) is 0.172. The van der Waals surface area contributed by atoms with E-state index in [0.29, 0.717) is 0 Å². The van der Waals surface area contributed by atoms with Crippen molar-refractivity contribution in [3.8, 4) is 0 Å². The van der Waals surface area contributed by atoms with Crippen LogP contribution in [0.3, 0.4) is 0 Å². The lowest BCUT2D eigenvalue weighted by molar-refractivity contribution is -0.128. The lowest BCUT2D eigenvalue weighted by Gasteiger charge is -2.12. The SMILES string of the molecule is C=CCNC(=O)C(C)OC(=O)c1ccc(S(C)(=O)=O)cc1. The molecule has 1 aromatic rings. The number of rotatable bonds is 6. The molecule has 0 bridgehead atoms. The van der Waals surface area contributed by atoms with Crippen molar-refractivity contribution in [1.29, 1.82) is 0 Å². The van der Waals surface area contributed by atoms with Gasteiger partial charge in [-0.15, -0.1) is 6.58 Å². The molecular weight excluding hydrogens is 294 g/mol. The predicted molar refractivity (Wildman–Crippen MR) is 77.6 cm³/mol. The van der Waals surface area contributed by atoms with Gasteiger partial charge in [0, 0.05) is 12.8 Å². The highest BCUT2D eigenvalue weighted by Crippen LogP contribution is 2.11. The van der Waals surface area contributed by atoms with Crippen molar-refractivity contribution in [2.45, 2.75) is 17.9 Å². The lowest BCUT2D eigenvalue weighted by Crippen LogP contribution is -2.35. The van der Waals surface area contributed by atoms with Gasteiger partial charge in [-0.2, -0.15) is 0 Å². The average Bonchev–Trinajstić information content (AvgIpc) is 2.43.